The molecule has 0 spiro atoms. The molecular formula is C12H12F12O2. The number of halogens is 12. The minimum Gasteiger partial charge on any atom is -0.378 e. The van der Waals surface area contributed by atoms with Crippen LogP contribution < -0.4 is 0 Å². The molecule has 2 nitrogen and oxygen atoms in total. The molecule has 1 heterocycles. The highest BCUT2D eigenvalue weighted by Crippen LogP contribution is 2.59. The van der Waals surface area contributed by atoms with Crippen LogP contribution in [0.2, 0.25) is 0 Å². The van der Waals surface area contributed by atoms with Crippen LogP contribution in [0, 0.1) is 0 Å². The average Bonchev–Trinajstić information content (AvgIpc) is 3.25. The fourth-order valence-electron chi connectivity index (χ4n) is 1.71. The normalized spacial score (nSPS) is 22.3. The van der Waals surface area contributed by atoms with E-state index in [1.807, 2.05) is 0 Å². The topological polar surface area (TPSA) is 21.8 Å². The summed E-state index contributed by atoms with van der Waals surface area (Å²) in [6.45, 7) is -2.15. The highest BCUT2D eigenvalue weighted by Gasteiger charge is 2.88. The van der Waals surface area contributed by atoms with Crippen molar-refractivity contribution < 1.29 is 62.2 Å². The van der Waals surface area contributed by atoms with E-state index < -0.39 is 61.6 Å². The van der Waals surface area contributed by atoms with Crippen molar-refractivity contribution in [2.24, 2.45) is 0 Å². The maximum absolute atomic E-state index is 13.9. The highest BCUT2D eigenvalue weighted by molar-refractivity contribution is 5.12. The lowest BCUT2D eigenvalue weighted by molar-refractivity contribution is -0.422. The van der Waals surface area contributed by atoms with Crippen LogP contribution in [0.15, 0.2) is 0 Å². The monoisotopic (exact) mass is 416 g/mol. The molecule has 1 rings (SSSR count). The molecule has 1 saturated heterocycles. The molecule has 0 unspecified atom stereocenters. The zero-order valence-corrected chi connectivity index (χ0v) is 12.8. The molecule has 0 aromatic rings. The fourth-order valence-corrected chi connectivity index (χ4v) is 1.71. The van der Waals surface area contributed by atoms with Gasteiger partial charge in [0.2, 0.25) is 5.67 Å². The summed E-state index contributed by atoms with van der Waals surface area (Å²) >= 11 is 0. The van der Waals surface area contributed by atoms with Gasteiger partial charge in [0.1, 0.15) is 6.10 Å². The van der Waals surface area contributed by atoms with Gasteiger partial charge in [-0.15, -0.1) is 0 Å². The van der Waals surface area contributed by atoms with Crippen molar-refractivity contribution >= 4 is 0 Å². The Labute approximate surface area is 138 Å². The van der Waals surface area contributed by atoms with Crippen LogP contribution in [0.5, 0.6) is 0 Å². The van der Waals surface area contributed by atoms with Gasteiger partial charge in [-0.3, -0.25) is 0 Å². The van der Waals surface area contributed by atoms with Gasteiger partial charge in [-0.05, 0) is 6.92 Å². The third-order valence-electron chi connectivity index (χ3n) is 3.69. The quantitative estimate of drug-likeness (QED) is 0.311. The first-order valence-corrected chi connectivity index (χ1v) is 6.79. The van der Waals surface area contributed by atoms with Crippen molar-refractivity contribution in [2.75, 3.05) is 19.8 Å². The summed E-state index contributed by atoms with van der Waals surface area (Å²) < 4.78 is 165. The number of alkyl halides is 12. The van der Waals surface area contributed by atoms with Gasteiger partial charge in [-0.2, -0.15) is 39.5 Å². The summed E-state index contributed by atoms with van der Waals surface area (Å²) in [5.41, 5.74) is -5.75. The molecule has 2 atom stereocenters. The first-order valence-electron chi connectivity index (χ1n) is 6.79. The lowest BCUT2D eigenvalue weighted by atomic mass is 9.84. The minimum absolute atomic E-state index is 0.202. The Bertz CT molecular complexity index is 495. The van der Waals surface area contributed by atoms with Gasteiger partial charge in [0.15, 0.2) is 0 Å². The lowest BCUT2D eigenvalue weighted by Gasteiger charge is -2.42. The first kappa shape index (κ1) is 23.1. The smallest absolute Gasteiger partial charge is 0.378 e. The van der Waals surface area contributed by atoms with Crippen LogP contribution in [0.25, 0.3) is 0 Å². The summed E-state index contributed by atoms with van der Waals surface area (Å²) in [5.74, 6) is -27.5. The predicted octanol–water partition coefficient (Wildman–Crippen LogP) is 4.62. The molecule has 0 aromatic carbocycles. The number of hydrogen-bond donors (Lipinski definition) is 0. The molecule has 0 aliphatic carbocycles. The van der Waals surface area contributed by atoms with Crippen molar-refractivity contribution in [2.45, 2.75) is 55.0 Å². The Morgan fingerprint density at radius 1 is 0.808 bits per heavy atom. The molecule has 26 heavy (non-hydrogen) atoms. The summed E-state index contributed by atoms with van der Waals surface area (Å²) in [6.07, 6.45) is -9.69. The Balaban J connectivity index is 3.04. The average molecular weight is 416 g/mol. The number of epoxide rings is 1. The van der Waals surface area contributed by atoms with Crippen molar-refractivity contribution in [3.8, 4) is 0 Å². The van der Waals surface area contributed by atoms with Crippen molar-refractivity contribution in [3.63, 3.8) is 0 Å². The summed E-state index contributed by atoms with van der Waals surface area (Å²) in [6, 6.07) is 0. The van der Waals surface area contributed by atoms with Gasteiger partial charge in [0.05, 0.1) is 19.8 Å². The van der Waals surface area contributed by atoms with E-state index in [-0.39, 0.29) is 13.2 Å². The number of hydrogen-bond acceptors (Lipinski definition) is 2. The van der Waals surface area contributed by atoms with Gasteiger partial charge in [-0.1, -0.05) is 0 Å². The molecule has 1 aliphatic heterocycles. The van der Waals surface area contributed by atoms with E-state index in [2.05, 4.69) is 9.47 Å². The van der Waals surface area contributed by atoms with Gasteiger partial charge < -0.3 is 9.47 Å². The third kappa shape index (κ3) is 3.71. The van der Waals surface area contributed by atoms with E-state index in [1.54, 1.807) is 0 Å². The van der Waals surface area contributed by atoms with E-state index in [1.165, 1.54) is 0 Å². The lowest BCUT2D eigenvalue weighted by Crippen LogP contribution is -2.70. The van der Waals surface area contributed by atoms with Gasteiger partial charge in [0, 0.05) is 6.42 Å². The van der Waals surface area contributed by atoms with Crippen LogP contribution in [-0.2, 0) is 9.47 Å². The second-order valence-corrected chi connectivity index (χ2v) is 5.71. The molecule has 0 amide bonds. The third-order valence-corrected chi connectivity index (χ3v) is 3.69. The highest BCUT2D eigenvalue weighted by atomic mass is 19.4. The Hall–Kier alpha value is -0.920. The van der Waals surface area contributed by atoms with E-state index in [0.717, 1.165) is 0 Å². The molecule has 156 valence electrons. The molecule has 14 heteroatoms. The molecule has 0 aromatic heterocycles. The van der Waals surface area contributed by atoms with Crippen LogP contribution in [-0.4, -0.2) is 61.5 Å². The first-order chi connectivity index (χ1) is 11.3. The molecule has 0 N–H and O–H groups in total. The van der Waals surface area contributed by atoms with Crippen molar-refractivity contribution in [1.29, 1.82) is 0 Å². The Morgan fingerprint density at radius 3 is 1.65 bits per heavy atom. The molecule has 1 aliphatic rings. The molecule has 0 bridgehead atoms. The molecule has 1 fully saturated rings. The van der Waals surface area contributed by atoms with E-state index >= 15 is 0 Å². The Morgan fingerprint density at radius 2 is 1.27 bits per heavy atom. The van der Waals surface area contributed by atoms with Gasteiger partial charge in [0.25, 0.3) is 5.92 Å². The van der Waals surface area contributed by atoms with E-state index in [9.17, 15) is 52.7 Å². The van der Waals surface area contributed by atoms with Crippen LogP contribution in [0.1, 0.15) is 13.3 Å². The predicted molar refractivity (Wildman–Crippen MR) is 60.5 cm³/mol. The van der Waals surface area contributed by atoms with Gasteiger partial charge >= 0.3 is 23.9 Å². The number of ether oxygens (including phenoxy) is 2. The fraction of sp³-hybridized carbons (Fsp3) is 1.00. The summed E-state index contributed by atoms with van der Waals surface area (Å²) in [4.78, 5) is 0. The summed E-state index contributed by atoms with van der Waals surface area (Å²) in [7, 11) is 0. The second kappa shape index (κ2) is 6.60. The van der Waals surface area contributed by atoms with Crippen LogP contribution in [0.4, 0.5) is 52.7 Å². The zero-order chi connectivity index (χ0) is 20.8. The molecule has 0 saturated carbocycles. The maximum atomic E-state index is 13.9. The van der Waals surface area contributed by atoms with Gasteiger partial charge in [-0.25, -0.2) is 13.2 Å². The Kier molecular flexibility index (Phi) is 5.87. The second-order valence-electron chi connectivity index (χ2n) is 5.71. The molecular weight excluding hydrogens is 404 g/mol. The maximum Gasteiger partial charge on any atom is 0.460 e. The largest absolute Gasteiger partial charge is 0.460 e. The van der Waals surface area contributed by atoms with Crippen molar-refractivity contribution in [1.82, 2.24) is 0 Å². The summed E-state index contributed by atoms with van der Waals surface area (Å²) in [5, 5.41) is 0. The van der Waals surface area contributed by atoms with Crippen LogP contribution in [0.3, 0.4) is 0 Å². The number of rotatable bonds is 9. The minimum atomic E-state index is -7.49. The van der Waals surface area contributed by atoms with E-state index in [0.29, 0.717) is 0 Å². The standard InChI is InChI=1S/C12H12F12O2/c1-7(13,8(14,15)2-3-25-4-6-5-26-6)9(16,17)10(18,19)11(20,21)12(22,23)24/h6H,2-5H2,1H3/t6-,7+/m1/s1. The van der Waals surface area contributed by atoms with Crippen molar-refractivity contribution in [3.05, 3.63) is 0 Å². The SMILES string of the molecule is C[C@](F)(C(F)(F)CCOC[C@@H]1CO1)C(F)(F)C(F)(F)C(F)(F)C(F)(F)F. The van der Waals surface area contributed by atoms with E-state index in [4.69, 9.17) is 0 Å². The zero-order valence-electron chi connectivity index (χ0n) is 12.8. The molecule has 0 radical (unpaired) electrons. The van der Waals surface area contributed by atoms with Crippen LogP contribution >= 0.6 is 0 Å².